The van der Waals surface area contributed by atoms with Crippen LogP contribution in [-0.4, -0.2) is 29.9 Å². The van der Waals surface area contributed by atoms with E-state index in [1.54, 1.807) is 23.9 Å². The van der Waals surface area contributed by atoms with Crippen molar-refractivity contribution in [2.45, 2.75) is 97.4 Å². The van der Waals surface area contributed by atoms with Crippen molar-refractivity contribution >= 4 is 35.0 Å². The minimum Gasteiger partial charge on any atom is -0.488 e. The molecule has 1 N–H and O–H groups in total. The maximum Gasteiger partial charge on any atom is 0.262 e. The number of allylic oxidation sites excluding steroid dienone is 1. The number of hydrogen-bond acceptors (Lipinski definition) is 5. The molecule has 0 spiro atoms. The number of nitrogens with one attached hydrogen (secondary N) is 1. The summed E-state index contributed by atoms with van der Waals surface area (Å²) >= 11 is 8.21. The number of carbonyl (C=O) groups excluding carboxylic acids is 1. The van der Waals surface area contributed by atoms with Crippen LogP contribution >= 0.6 is 23.4 Å². The summed E-state index contributed by atoms with van der Waals surface area (Å²) in [7, 11) is 0. The van der Waals surface area contributed by atoms with E-state index in [0.29, 0.717) is 23.1 Å². The molecule has 1 heterocycles. The third-order valence-electron chi connectivity index (χ3n) is 7.10. The third kappa shape index (κ3) is 12.1. The number of ether oxygens (including phenoxy) is 2. The molecule has 0 unspecified atom stereocenters. The summed E-state index contributed by atoms with van der Waals surface area (Å²) in [6, 6.07) is 13.3. The van der Waals surface area contributed by atoms with Gasteiger partial charge >= 0.3 is 0 Å². The average molecular weight is 587 g/mol. The highest BCUT2D eigenvalue weighted by Crippen LogP contribution is 2.35. The predicted molar refractivity (Wildman–Crippen MR) is 170 cm³/mol. The van der Waals surface area contributed by atoms with Gasteiger partial charge in [-0.2, -0.15) is 0 Å². The number of nitrogens with zero attached hydrogens (tertiary/aromatic N) is 1. The number of anilines is 1. The molecule has 3 rings (SSSR count). The van der Waals surface area contributed by atoms with E-state index in [1.807, 2.05) is 24.3 Å². The van der Waals surface area contributed by atoms with Gasteiger partial charge < -0.3 is 19.7 Å². The molecular formula is C33H47ClN2O3S. The van der Waals surface area contributed by atoms with Crippen LogP contribution < -0.4 is 14.8 Å². The monoisotopic (exact) mass is 586 g/mol. The number of para-hydroxylation sites is 1. The molecule has 0 saturated heterocycles. The molecule has 0 aromatic heterocycles. The molecule has 0 radical (unpaired) electrons. The molecule has 0 aliphatic carbocycles. The Morgan fingerprint density at radius 2 is 1.60 bits per heavy atom. The Morgan fingerprint density at radius 3 is 2.27 bits per heavy atom. The standard InChI is InChI=1S/C33H47ClN2O3S/c1-3-4-5-6-7-8-9-10-11-12-13-14-21-38-33-30(34)19-16-20-31(33)39-24-32(37)35-29-18-15-17-28(22-29)23-36-26-40-25-27(36)2/h15-20,22,25H,3-14,21,23-24,26H2,1-2H3,(H,35,37). The Morgan fingerprint density at radius 1 is 0.925 bits per heavy atom. The number of thioether (sulfide) groups is 1. The van der Waals surface area contributed by atoms with Crippen molar-refractivity contribution < 1.29 is 14.3 Å². The van der Waals surface area contributed by atoms with E-state index in [1.165, 1.54) is 69.9 Å². The minimum absolute atomic E-state index is 0.121. The quantitative estimate of drug-likeness (QED) is 0.156. The summed E-state index contributed by atoms with van der Waals surface area (Å²) < 4.78 is 11.8. The second kappa shape index (κ2) is 18.9. The lowest BCUT2D eigenvalue weighted by Crippen LogP contribution is -2.21. The van der Waals surface area contributed by atoms with Crippen LogP contribution in [0.1, 0.15) is 96.5 Å². The smallest absolute Gasteiger partial charge is 0.262 e. The Kier molecular flexibility index (Phi) is 15.2. The zero-order chi connectivity index (χ0) is 28.4. The van der Waals surface area contributed by atoms with Gasteiger partial charge in [-0.05, 0) is 48.6 Å². The molecule has 2 aromatic rings. The molecule has 0 fully saturated rings. The number of hydrogen-bond donors (Lipinski definition) is 1. The first kappa shape index (κ1) is 32.2. The molecular weight excluding hydrogens is 540 g/mol. The third-order valence-corrected chi connectivity index (χ3v) is 8.37. The Balaban J connectivity index is 1.33. The topological polar surface area (TPSA) is 50.8 Å². The van der Waals surface area contributed by atoms with Crippen molar-refractivity contribution in [3.8, 4) is 11.5 Å². The second-order valence-electron chi connectivity index (χ2n) is 10.6. The van der Waals surface area contributed by atoms with Gasteiger partial charge in [-0.15, -0.1) is 11.8 Å². The average Bonchev–Trinajstić information content (AvgIpc) is 3.35. The zero-order valence-electron chi connectivity index (χ0n) is 24.4. The summed E-state index contributed by atoms with van der Waals surface area (Å²) in [6.07, 6.45) is 15.6. The van der Waals surface area contributed by atoms with Crippen molar-refractivity contribution in [1.82, 2.24) is 4.90 Å². The molecule has 1 aliphatic rings. The first-order valence-electron chi connectivity index (χ1n) is 15.0. The van der Waals surface area contributed by atoms with Gasteiger partial charge in [0.05, 0.1) is 17.5 Å². The summed E-state index contributed by atoms with van der Waals surface area (Å²) in [4.78, 5) is 15.0. The molecule has 0 saturated carbocycles. The van der Waals surface area contributed by atoms with Gasteiger partial charge in [0.1, 0.15) is 0 Å². The lowest BCUT2D eigenvalue weighted by molar-refractivity contribution is -0.118. The molecule has 1 aliphatic heterocycles. The predicted octanol–water partition coefficient (Wildman–Crippen LogP) is 9.80. The van der Waals surface area contributed by atoms with Gasteiger partial charge in [-0.3, -0.25) is 4.79 Å². The lowest BCUT2D eigenvalue weighted by atomic mass is 10.1. The van der Waals surface area contributed by atoms with Crippen LogP contribution in [0.15, 0.2) is 53.6 Å². The van der Waals surface area contributed by atoms with E-state index >= 15 is 0 Å². The zero-order valence-corrected chi connectivity index (χ0v) is 26.0. The van der Waals surface area contributed by atoms with Crippen LogP contribution in [0.4, 0.5) is 5.69 Å². The molecule has 0 atom stereocenters. The lowest BCUT2D eigenvalue weighted by Gasteiger charge is -2.19. The molecule has 220 valence electrons. The van der Waals surface area contributed by atoms with Crippen molar-refractivity contribution in [2.24, 2.45) is 0 Å². The number of rotatable bonds is 20. The van der Waals surface area contributed by atoms with Gasteiger partial charge in [0.15, 0.2) is 18.1 Å². The highest BCUT2D eigenvalue weighted by molar-refractivity contribution is 8.02. The SMILES string of the molecule is CCCCCCCCCCCCCCOc1c(Cl)cccc1OCC(=O)Nc1cccc(CN2CSC=C2C)c1. The first-order valence-corrected chi connectivity index (χ1v) is 16.5. The van der Waals surface area contributed by atoms with E-state index in [0.717, 1.165) is 36.5 Å². The van der Waals surface area contributed by atoms with E-state index in [4.69, 9.17) is 21.1 Å². The number of carbonyl (C=O) groups is 1. The van der Waals surface area contributed by atoms with E-state index < -0.39 is 0 Å². The Hall–Kier alpha value is -2.31. The second-order valence-corrected chi connectivity index (χ2v) is 11.8. The number of halogens is 1. The largest absolute Gasteiger partial charge is 0.488 e. The molecule has 2 aromatic carbocycles. The van der Waals surface area contributed by atoms with Crippen LogP contribution in [0.3, 0.4) is 0 Å². The maximum atomic E-state index is 12.6. The highest BCUT2D eigenvalue weighted by Gasteiger charge is 2.14. The number of benzene rings is 2. The molecule has 0 bridgehead atoms. The van der Waals surface area contributed by atoms with Crippen LogP contribution in [0.2, 0.25) is 5.02 Å². The maximum absolute atomic E-state index is 12.6. The molecule has 7 heteroatoms. The molecule has 40 heavy (non-hydrogen) atoms. The number of amides is 1. The summed E-state index contributed by atoms with van der Waals surface area (Å²) in [5, 5.41) is 5.61. The van der Waals surface area contributed by atoms with Gasteiger partial charge in [0, 0.05) is 17.9 Å². The molecule has 1 amide bonds. The Labute approximate surface area is 251 Å². The van der Waals surface area contributed by atoms with Crippen molar-refractivity contribution in [3.63, 3.8) is 0 Å². The van der Waals surface area contributed by atoms with Gasteiger partial charge in [-0.1, -0.05) is 107 Å². The van der Waals surface area contributed by atoms with Gasteiger partial charge in [-0.25, -0.2) is 0 Å². The number of unbranched alkanes of at least 4 members (excludes halogenated alkanes) is 11. The van der Waals surface area contributed by atoms with Crippen LogP contribution in [0.25, 0.3) is 0 Å². The fraction of sp³-hybridized carbons (Fsp3) is 0.545. The first-order chi connectivity index (χ1) is 19.6. The Bertz CT molecular complexity index is 1060. The van der Waals surface area contributed by atoms with Crippen LogP contribution in [-0.2, 0) is 11.3 Å². The van der Waals surface area contributed by atoms with Crippen molar-refractivity contribution in [2.75, 3.05) is 24.4 Å². The van der Waals surface area contributed by atoms with Crippen LogP contribution in [0, 0.1) is 0 Å². The normalized spacial score (nSPS) is 12.9. The fourth-order valence-electron chi connectivity index (χ4n) is 4.76. The van der Waals surface area contributed by atoms with Gasteiger partial charge in [0.2, 0.25) is 0 Å². The summed E-state index contributed by atoms with van der Waals surface area (Å²) in [6.45, 7) is 5.67. The summed E-state index contributed by atoms with van der Waals surface area (Å²) in [5.41, 5.74) is 3.18. The molecule has 5 nitrogen and oxygen atoms in total. The van der Waals surface area contributed by atoms with Crippen molar-refractivity contribution in [1.29, 1.82) is 0 Å². The van der Waals surface area contributed by atoms with Gasteiger partial charge in [0.25, 0.3) is 5.91 Å². The van der Waals surface area contributed by atoms with Crippen LogP contribution in [0.5, 0.6) is 11.5 Å². The van der Waals surface area contributed by atoms with Crippen molar-refractivity contribution in [3.05, 3.63) is 64.2 Å². The van der Waals surface area contributed by atoms with E-state index in [2.05, 4.69) is 35.5 Å². The summed E-state index contributed by atoms with van der Waals surface area (Å²) in [5.74, 6) is 1.73. The highest BCUT2D eigenvalue weighted by atomic mass is 35.5. The minimum atomic E-state index is -0.225. The van der Waals surface area contributed by atoms with E-state index in [-0.39, 0.29) is 12.5 Å². The van der Waals surface area contributed by atoms with E-state index in [9.17, 15) is 4.79 Å². The fourth-order valence-corrected chi connectivity index (χ4v) is 5.92.